The quantitative estimate of drug-likeness (QED) is 0.723. The number of halogens is 2. The van der Waals surface area contributed by atoms with Crippen molar-refractivity contribution in [3.05, 3.63) is 30.1 Å². The van der Waals surface area contributed by atoms with Gasteiger partial charge in [-0.3, -0.25) is 9.78 Å². The first-order valence-corrected chi connectivity index (χ1v) is 6.64. The molecule has 1 unspecified atom stereocenters. The number of rotatable bonds is 8. The Hall–Kier alpha value is -0.840. The standard InChI is InChI=1S/C14H23N3O.2ClH/c1-12(13-8-5-7-11-16-13)17-14(18)9-4-2-3-6-10-15;;/h5,7-8,11-12H,2-4,6,9-10,15H2,1H3,(H,17,18);2*1H. The van der Waals surface area contributed by atoms with Crippen LogP contribution in [-0.4, -0.2) is 17.4 Å². The molecule has 1 amide bonds. The predicted octanol–water partition coefficient (Wildman–Crippen LogP) is 3.01. The molecule has 1 heterocycles. The number of aromatic nitrogens is 1. The molecule has 116 valence electrons. The molecule has 0 saturated heterocycles. The number of unbranched alkanes of at least 4 members (excludes halogenated alkanes) is 3. The second-order valence-corrected chi connectivity index (χ2v) is 4.50. The molecule has 1 aromatic rings. The summed E-state index contributed by atoms with van der Waals surface area (Å²) in [5.74, 6) is 0.0981. The van der Waals surface area contributed by atoms with Crippen LogP contribution < -0.4 is 11.1 Å². The number of carbonyl (C=O) groups is 1. The zero-order valence-corrected chi connectivity index (χ0v) is 13.5. The molecular formula is C14H25Cl2N3O. The average molecular weight is 322 g/mol. The van der Waals surface area contributed by atoms with Crippen LogP contribution >= 0.6 is 24.8 Å². The molecule has 0 fully saturated rings. The molecule has 1 rings (SSSR count). The molecule has 0 bridgehead atoms. The monoisotopic (exact) mass is 321 g/mol. The normalized spacial score (nSPS) is 10.9. The van der Waals surface area contributed by atoms with Crippen LogP contribution in [0.4, 0.5) is 0 Å². The van der Waals surface area contributed by atoms with Crippen LogP contribution in [0, 0.1) is 0 Å². The van der Waals surface area contributed by atoms with Gasteiger partial charge >= 0.3 is 0 Å². The highest BCUT2D eigenvalue weighted by molar-refractivity contribution is 5.85. The molecular weight excluding hydrogens is 297 g/mol. The Bertz CT molecular complexity index is 350. The average Bonchev–Trinajstić information content (AvgIpc) is 2.39. The van der Waals surface area contributed by atoms with Crippen molar-refractivity contribution in [3.8, 4) is 0 Å². The Labute approximate surface area is 133 Å². The number of pyridine rings is 1. The molecule has 1 atom stereocenters. The Balaban J connectivity index is 0. The van der Waals surface area contributed by atoms with Crippen LogP contribution in [0.25, 0.3) is 0 Å². The number of hydrogen-bond donors (Lipinski definition) is 2. The molecule has 0 saturated carbocycles. The van der Waals surface area contributed by atoms with Gasteiger partial charge in [-0.15, -0.1) is 24.8 Å². The van der Waals surface area contributed by atoms with E-state index in [4.69, 9.17) is 5.73 Å². The van der Waals surface area contributed by atoms with Crippen molar-refractivity contribution in [2.45, 2.75) is 45.1 Å². The number of nitrogens with zero attached hydrogens (tertiary/aromatic N) is 1. The molecule has 0 radical (unpaired) electrons. The minimum absolute atomic E-state index is 0. The highest BCUT2D eigenvalue weighted by Crippen LogP contribution is 2.09. The number of nitrogens with two attached hydrogens (primary N) is 1. The van der Waals surface area contributed by atoms with E-state index < -0.39 is 0 Å². The third-order valence-corrected chi connectivity index (χ3v) is 2.87. The van der Waals surface area contributed by atoms with Crippen molar-refractivity contribution in [3.63, 3.8) is 0 Å². The van der Waals surface area contributed by atoms with Crippen LogP contribution in [0.3, 0.4) is 0 Å². The zero-order valence-electron chi connectivity index (χ0n) is 11.9. The van der Waals surface area contributed by atoms with Crippen molar-refractivity contribution >= 4 is 30.7 Å². The molecule has 0 spiro atoms. The lowest BCUT2D eigenvalue weighted by atomic mass is 10.1. The topological polar surface area (TPSA) is 68.0 Å². The van der Waals surface area contributed by atoms with Gasteiger partial charge in [0.2, 0.25) is 5.91 Å². The van der Waals surface area contributed by atoms with Gasteiger partial charge in [0.1, 0.15) is 0 Å². The minimum Gasteiger partial charge on any atom is -0.348 e. The van der Waals surface area contributed by atoms with Gasteiger partial charge in [0.25, 0.3) is 0 Å². The summed E-state index contributed by atoms with van der Waals surface area (Å²) in [7, 11) is 0. The fourth-order valence-electron chi connectivity index (χ4n) is 1.80. The summed E-state index contributed by atoms with van der Waals surface area (Å²) in [6.45, 7) is 2.69. The molecule has 3 N–H and O–H groups in total. The molecule has 20 heavy (non-hydrogen) atoms. The van der Waals surface area contributed by atoms with Gasteiger partial charge < -0.3 is 11.1 Å². The summed E-state index contributed by atoms with van der Waals surface area (Å²) in [5.41, 5.74) is 6.31. The van der Waals surface area contributed by atoms with Gasteiger partial charge in [-0.2, -0.15) is 0 Å². The van der Waals surface area contributed by atoms with E-state index in [0.717, 1.165) is 37.9 Å². The van der Waals surface area contributed by atoms with Crippen LogP contribution in [-0.2, 0) is 4.79 Å². The van der Waals surface area contributed by atoms with E-state index in [2.05, 4.69) is 10.3 Å². The third kappa shape index (κ3) is 9.13. The molecule has 6 heteroatoms. The molecule has 0 aliphatic carbocycles. The van der Waals surface area contributed by atoms with E-state index in [1.54, 1.807) is 6.20 Å². The van der Waals surface area contributed by atoms with Crippen molar-refractivity contribution < 1.29 is 4.79 Å². The molecule has 0 aliphatic rings. The molecule has 0 aliphatic heterocycles. The fourth-order valence-corrected chi connectivity index (χ4v) is 1.80. The maximum atomic E-state index is 11.7. The Kier molecular flexibility index (Phi) is 14.1. The first-order chi connectivity index (χ1) is 8.74. The van der Waals surface area contributed by atoms with Gasteiger partial charge in [0.05, 0.1) is 11.7 Å². The first-order valence-electron chi connectivity index (χ1n) is 6.64. The Morgan fingerprint density at radius 3 is 2.55 bits per heavy atom. The largest absolute Gasteiger partial charge is 0.348 e. The smallest absolute Gasteiger partial charge is 0.220 e. The predicted molar refractivity (Wildman–Crippen MR) is 87.4 cm³/mol. The summed E-state index contributed by atoms with van der Waals surface area (Å²) in [5, 5.41) is 2.96. The zero-order chi connectivity index (χ0) is 13.2. The minimum atomic E-state index is -0.0252. The summed E-state index contributed by atoms with van der Waals surface area (Å²) >= 11 is 0. The summed E-state index contributed by atoms with van der Waals surface area (Å²) in [6, 6.07) is 5.70. The number of nitrogens with one attached hydrogen (secondary N) is 1. The van der Waals surface area contributed by atoms with E-state index in [1.165, 1.54) is 0 Å². The van der Waals surface area contributed by atoms with Crippen LogP contribution in [0.2, 0.25) is 0 Å². The van der Waals surface area contributed by atoms with E-state index in [1.807, 2.05) is 25.1 Å². The molecule has 1 aromatic heterocycles. The number of hydrogen-bond acceptors (Lipinski definition) is 3. The summed E-state index contributed by atoms with van der Waals surface area (Å²) < 4.78 is 0. The van der Waals surface area contributed by atoms with Gasteiger partial charge in [-0.25, -0.2) is 0 Å². The summed E-state index contributed by atoms with van der Waals surface area (Å²) in [6.07, 6.45) is 6.49. The van der Waals surface area contributed by atoms with Gasteiger partial charge in [-0.1, -0.05) is 18.9 Å². The maximum absolute atomic E-state index is 11.7. The van der Waals surface area contributed by atoms with Gasteiger partial charge in [0, 0.05) is 12.6 Å². The second kappa shape index (κ2) is 13.2. The van der Waals surface area contributed by atoms with Crippen LogP contribution in [0.1, 0.15) is 50.8 Å². The highest BCUT2D eigenvalue weighted by Gasteiger charge is 2.09. The third-order valence-electron chi connectivity index (χ3n) is 2.87. The van der Waals surface area contributed by atoms with E-state index in [-0.39, 0.29) is 36.8 Å². The highest BCUT2D eigenvalue weighted by atomic mass is 35.5. The first kappa shape index (κ1) is 21.5. The molecule has 4 nitrogen and oxygen atoms in total. The Morgan fingerprint density at radius 2 is 1.95 bits per heavy atom. The lowest BCUT2D eigenvalue weighted by Crippen LogP contribution is -2.26. The van der Waals surface area contributed by atoms with Gasteiger partial charge in [0.15, 0.2) is 0 Å². The fraction of sp³-hybridized carbons (Fsp3) is 0.571. The van der Waals surface area contributed by atoms with E-state index in [9.17, 15) is 4.79 Å². The van der Waals surface area contributed by atoms with E-state index >= 15 is 0 Å². The van der Waals surface area contributed by atoms with Crippen molar-refractivity contribution in [2.75, 3.05) is 6.54 Å². The van der Waals surface area contributed by atoms with Crippen molar-refractivity contribution in [1.82, 2.24) is 10.3 Å². The van der Waals surface area contributed by atoms with Crippen LogP contribution in [0.15, 0.2) is 24.4 Å². The number of amides is 1. The van der Waals surface area contributed by atoms with Crippen molar-refractivity contribution in [1.29, 1.82) is 0 Å². The van der Waals surface area contributed by atoms with E-state index in [0.29, 0.717) is 6.42 Å². The maximum Gasteiger partial charge on any atom is 0.220 e. The SMILES string of the molecule is CC(NC(=O)CCCCCCN)c1ccccn1.Cl.Cl. The summed E-state index contributed by atoms with van der Waals surface area (Å²) in [4.78, 5) is 15.9. The lowest BCUT2D eigenvalue weighted by molar-refractivity contribution is -0.121. The Morgan fingerprint density at radius 1 is 1.25 bits per heavy atom. The van der Waals surface area contributed by atoms with Crippen LogP contribution in [0.5, 0.6) is 0 Å². The lowest BCUT2D eigenvalue weighted by Gasteiger charge is -2.13. The number of carbonyl (C=O) groups excluding carboxylic acids is 1. The molecule has 0 aromatic carbocycles. The van der Waals surface area contributed by atoms with Gasteiger partial charge in [-0.05, 0) is 38.4 Å². The second-order valence-electron chi connectivity index (χ2n) is 4.50. The van der Waals surface area contributed by atoms with Crippen molar-refractivity contribution in [2.24, 2.45) is 5.73 Å².